The Hall–Kier alpha value is -3.36. The van der Waals surface area contributed by atoms with E-state index in [1.54, 1.807) is 42.5 Å². The summed E-state index contributed by atoms with van der Waals surface area (Å²) in [6.45, 7) is 13.0. The highest BCUT2D eigenvalue weighted by atomic mass is 35.5. The van der Waals surface area contributed by atoms with Crippen molar-refractivity contribution in [3.63, 3.8) is 0 Å². The Labute approximate surface area is 255 Å². The number of benzene rings is 3. The number of nitrogens with zero attached hydrogens (tertiary/aromatic N) is 2. The summed E-state index contributed by atoms with van der Waals surface area (Å²) in [5.74, 6) is -0.588. The zero-order valence-corrected chi connectivity index (χ0v) is 27.1. The first-order chi connectivity index (χ1) is 19.6. The summed E-state index contributed by atoms with van der Waals surface area (Å²) in [6, 6.07) is 20.0. The quantitative estimate of drug-likeness (QED) is 0.262. The van der Waals surface area contributed by atoms with Crippen LogP contribution in [0.4, 0.5) is 5.69 Å². The standard InChI is InChI=1S/C33H42ClN3O4S/c1-8-30(32(39)35-33(5,6)7)36(21-26-11-9-10-12-29(26)34)31(38)22-37(27-17-15-25(16-18-27)23(2)3)42(40,41)28-19-13-24(4)14-20-28/h9-20,23,30H,8,21-22H2,1-7H3,(H,35,39). The molecule has 1 unspecified atom stereocenters. The van der Waals surface area contributed by atoms with E-state index in [1.807, 2.05) is 52.8 Å². The van der Waals surface area contributed by atoms with E-state index in [-0.39, 0.29) is 23.3 Å². The molecule has 1 N–H and O–H groups in total. The van der Waals surface area contributed by atoms with Gasteiger partial charge in [0.2, 0.25) is 11.8 Å². The van der Waals surface area contributed by atoms with E-state index in [2.05, 4.69) is 19.2 Å². The Kier molecular flexibility index (Phi) is 10.8. The summed E-state index contributed by atoms with van der Waals surface area (Å²) in [5, 5.41) is 3.42. The topological polar surface area (TPSA) is 86.8 Å². The summed E-state index contributed by atoms with van der Waals surface area (Å²) in [4.78, 5) is 29.2. The predicted molar refractivity (Wildman–Crippen MR) is 170 cm³/mol. The first-order valence-electron chi connectivity index (χ1n) is 14.2. The fourth-order valence-electron chi connectivity index (χ4n) is 4.57. The highest BCUT2D eigenvalue weighted by Crippen LogP contribution is 2.28. The minimum absolute atomic E-state index is 0.0410. The van der Waals surface area contributed by atoms with Crippen molar-refractivity contribution in [2.45, 2.75) is 83.8 Å². The fourth-order valence-corrected chi connectivity index (χ4v) is 6.18. The van der Waals surface area contributed by atoms with Gasteiger partial charge in [-0.25, -0.2) is 8.42 Å². The second kappa shape index (κ2) is 13.7. The molecule has 3 rings (SSSR count). The molecule has 0 spiro atoms. The Balaban J connectivity index is 2.10. The second-order valence-electron chi connectivity index (χ2n) is 11.8. The minimum Gasteiger partial charge on any atom is -0.350 e. The van der Waals surface area contributed by atoms with E-state index in [1.165, 1.54) is 17.0 Å². The Morgan fingerprint density at radius 3 is 2.05 bits per heavy atom. The third-order valence-electron chi connectivity index (χ3n) is 6.92. The number of halogens is 1. The molecule has 0 aliphatic rings. The number of hydrogen-bond donors (Lipinski definition) is 1. The molecule has 226 valence electrons. The lowest BCUT2D eigenvalue weighted by molar-refractivity contribution is -0.141. The first-order valence-corrected chi connectivity index (χ1v) is 16.0. The number of hydrogen-bond acceptors (Lipinski definition) is 4. The van der Waals surface area contributed by atoms with Crippen LogP contribution in [-0.2, 0) is 26.2 Å². The number of anilines is 1. The van der Waals surface area contributed by atoms with Crippen molar-refractivity contribution in [3.05, 3.63) is 94.5 Å². The van der Waals surface area contributed by atoms with E-state index >= 15 is 0 Å². The normalized spacial score (nSPS) is 12.6. The van der Waals surface area contributed by atoms with Gasteiger partial charge in [0.15, 0.2) is 0 Å². The van der Waals surface area contributed by atoms with Crippen LogP contribution in [0.5, 0.6) is 0 Å². The largest absolute Gasteiger partial charge is 0.350 e. The number of amides is 2. The zero-order valence-electron chi connectivity index (χ0n) is 25.5. The van der Waals surface area contributed by atoms with Crippen LogP contribution in [0.1, 0.15) is 70.6 Å². The van der Waals surface area contributed by atoms with Gasteiger partial charge in [-0.05, 0) is 81.5 Å². The van der Waals surface area contributed by atoms with Crippen LogP contribution < -0.4 is 9.62 Å². The van der Waals surface area contributed by atoms with Crippen LogP contribution in [0.15, 0.2) is 77.7 Å². The molecule has 0 aliphatic carbocycles. The van der Waals surface area contributed by atoms with Gasteiger partial charge in [0.1, 0.15) is 12.6 Å². The van der Waals surface area contributed by atoms with Crippen LogP contribution in [0.25, 0.3) is 0 Å². The van der Waals surface area contributed by atoms with E-state index in [0.29, 0.717) is 22.7 Å². The van der Waals surface area contributed by atoms with Crippen molar-refractivity contribution in [1.82, 2.24) is 10.2 Å². The Morgan fingerprint density at radius 1 is 0.929 bits per heavy atom. The molecule has 3 aromatic rings. The van der Waals surface area contributed by atoms with Crippen LogP contribution in [0.2, 0.25) is 5.02 Å². The zero-order chi connectivity index (χ0) is 31.2. The molecule has 0 radical (unpaired) electrons. The summed E-state index contributed by atoms with van der Waals surface area (Å²) in [5.41, 5.74) is 2.45. The molecule has 7 nitrogen and oxygen atoms in total. The SMILES string of the molecule is CCC(C(=O)NC(C)(C)C)N(Cc1ccccc1Cl)C(=O)CN(c1ccc(C(C)C)cc1)S(=O)(=O)c1ccc(C)cc1. The van der Waals surface area contributed by atoms with Gasteiger partial charge in [-0.2, -0.15) is 0 Å². The van der Waals surface area contributed by atoms with Crippen molar-refractivity contribution >= 4 is 39.1 Å². The van der Waals surface area contributed by atoms with Crippen molar-refractivity contribution in [1.29, 1.82) is 0 Å². The average Bonchev–Trinajstić information content (AvgIpc) is 2.91. The van der Waals surface area contributed by atoms with Crippen LogP contribution in [-0.4, -0.2) is 43.3 Å². The van der Waals surface area contributed by atoms with E-state index in [4.69, 9.17) is 11.6 Å². The maximum atomic E-state index is 14.2. The molecule has 0 fully saturated rings. The highest BCUT2D eigenvalue weighted by molar-refractivity contribution is 7.92. The first kappa shape index (κ1) is 33.1. The molecule has 0 heterocycles. The monoisotopic (exact) mass is 611 g/mol. The third kappa shape index (κ3) is 8.35. The van der Waals surface area contributed by atoms with Gasteiger partial charge in [-0.15, -0.1) is 0 Å². The number of carbonyl (C=O) groups excluding carboxylic acids is 2. The van der Waals surface area contributed by atoms with Crippen molar-refractivity contribution in [2.24, 2.45) is 0 Å². The molecule has 0 saturated heterocycles. The molecule has 42 heavy (non-hydrogen) atoms. The number of aryl methyl sites for hydroxylation is 1. The van der Waals surface area contributed by atoms with Crippen molar-refractivity contribution in [3.8, 4) is 0 Å². The van der Waals surface area contributed by atoms with Crippen LogP contribution in [0.3, 0.4) is 0 Å². The van der Waals surface area contributed by atoms with Gasteiger partial charge in [0.05, 0.1) is 10.6 Å². The molecule has 2 amide bonds. The van der Waals surface area contributed by atoms with Crippen molar-refractivity contribution < 1.29 is 18.0 Å². The van der Waals surface area contributed by atoms with Gasteiger partial charge in [-0.1, -0.05) is 80.4 Å². The Bertz CT molecular complexity index is 1480. The van der Waals surface area contributed by atoms with Gasteiger partial charge in [-0.3, -0.25) is 13.9 Å². The minimum atomic E-state index is -4.14. The number of carbonyl (C=O) groups is 2. The van der Waals surface area contributed by atoms with E-state index < -0.39 is 34.1 Å². The summed E-state index contributed by atoms with van der Waals surface area (Å²) in [6.07, 6.45) is 0.325. The third-order valence-corrected chi connectivity index (χ3v) is 9.08. The van der Waals surface area contributed by atoms with Gasteiger partial charge in [0, 0.05) is 17.1 Å². The van der Waals surface area contributed by atoms with Gasteiger partial charge in [0.25, 0.3) is 10.0 Å². The molecule has 1 atom stereocenters. The van der Waals surface area contributed by atoms with Gasteiger partial charge < -0.3 is 10.2 Å². The Morgan fingerprint density at radius 2 is 1.52 bits per heavy atom. The van der Waals surface area contributed by atoms with Crippen LogP contribution in [0, 0.1) is 6.92 Å². The molecule has 0 saturated carbocycles. The summed E-state index contributed by atoms with van der Waals surface area (Å²) >= 11 is 6.47. The van der Waals surface area contributed by atoms with E-state index in [9.17, 15) is 18.0 Å². The molecule has 0 aliphatic heterocycles. The molecule has 3 aromatic carbocycles. The molecule has 9 heteroatoms. The summed E-state index contributed by atoms with van der Waals surface area (Å²) < 4.78 is 29.2. The fraction of sp³-hybridized carbons (Fsp3) is 0.394. The summed E-state index contributed by atoms with van der Waals surface area (Å²) in [7, 11) is -4.14. The van der Waals surface area contributed by atoms with Gasteiger partial charge >= 0.3 is 0 Å². The average molecular weight is 612 g/mol. The van der Waals surface area contributed by atoms with E-state index in [0.717, 1.165) is 15.4 Å². The smallest absolute Gasteiger partial charge is 0.264 e. The lowest BCUT2D eigenvalue weighted by Crippen LogP contribution is -2.55. The number of sulfonamides is 1. The molecule has 0 bridgehead atoms. The lowest BCUT2D eigenvalue weighted by Gasteiger charge is -2.35. The molecular formula is C33H42ClN3O4S. The highest BCUT2D eigenvalue weighted by Gasteiger charge is 2.35. The predicted octanol–water partition coefficient (Wildman–Crippen LogP) is 6.69. The van der Waals surface area contributed by atoms with Crippen LogP contribution >= 0.6 is 11.6 Å². The molecule has 0 aromatic heterocycles. The maximum absolute atomic E-state index is 14.2. The maximum Gasteiger partial charge on any atom is 0.264 e. The number of nitrogens with one attached hydrogen (secondary N) is 1. The lowest BCUT2D eigenvalue weighted by atomic mass is 10.0. The number of rotatable bonds is 11. The molecular weight excluding hydrogens is 570 g/mol. The second-order valence-corrected chi connectivity index (χ2v) is 14.1. The van der Waals surface area contributed by atoms with Crippen molar-refractivity contribution in [2.75, 3.05) is 10.8 Å².